The average Bonchev–Trinajstić information content (AvgIpc) is 2.88. The van der Waals surface area contributed by atoms with Crippen molar-refractivity contribution in [3.63, 3.8) is 0 Å². The number of rotatable bonds is 5. The highest BCUT2D eigenvalue weighted by molar-refractivity contribution is 5.26. The number of β-amino-alcohol motifs (C(OH)–C–C–N with tert-alkyl or cyclic N) is 2. The predicted molar refractivity (Wildman–Crippen MR) is 87.7 cm³/mol. The lowest BCUT2D eigenvalue weighted by Crippen LogP contribution is -2.48. The summed E-state index contributed by atoms with van der Waals surface area (Å²) in [6.45, 7) is 5.49. The second-order valence-electron chi connectivity index (χ2n) is 7.12. The van der Waals surface area contributed by atoms with Crippen molar-refractivity contribution in [2.75, 3.05) is 39.5 Å². The molecule has 0 amide bonds. The zero-order valence-corrected chi connectivity index (χ0v) is 13.8. The van der Waals surface area contributed by atoms with Gasteiger partial charge >= 0.3 is 0 Å². The minimum Gasteiger partial charge on any atom is -0.491 e. The first-order valence-corrected chi connectivity index (χ1v) is 8.41. The van der Waals surface area contributed by atoms with E-state index in [4.69, 9.17) is 9.47 Å². The van der Waals surface area contributed by atoms with E-state index in [2.05, 4.69) is 4.90 Å². The molecular weight excluding hydrogens is 294 g/mol. The summed E-state index contributed by atoms with van der Waals surface area (Å²) in [5.74, 6) is 0.783. The third-order valence-electron chi connectivity index (χ3n) is 4.88. The van der Waals surface area contributed by atoms with E-state index in [1.807, 2.05) is 31.2 Å². The molecule has 5 nitrogen and oxygen atoms in total. The first-order chi connectivity index (χ1) is 11.0. The summed E-state index contributed by atoms with van der Waals surface area (Å²) in [6, 6.07) is 7.86. The van der Waals surface area contributed by atoms with Crippen LogP contribution in [0.5, 0.6) is 5.75 Å². The maximum Gasteiger partial charge on any atom is 0.119 e. The van der Waals surface area contributed by atoms with Crippen LogP contribution in [0.15, 0.2) is 24.3 Å². The number of hydrogen-bond acceptors (Lipinski definition) is 5. The Hall–Kier alpha value is -1.14. The molecule has 5 heteroatoms. The fourth-order valence-electron chi connectivity index (χ4n) is 3.37. The average molecular weight is 321 g/mol. The number of ether oxygens (including phenoxy) is 2. The quantitative estimate of drug-likeness (QED) is 0.857. The normalized spacial score (nSPS) is 28.0. The van der Waals surface area contributed by atoms with E-state index >= 15 is 0 Å². The summed E-state index contributed by atoms with van der Waals surface area (Å²) < 4.78 is 11.1. The first kappa shape index (κ1) is 16.7. The molecule has 1 aromatic carbocycles. The summed E-state index contributed by atoms with van der Waals surface area (Å²) in [5.41, 5.74) is -0.332. The predicted octanol–water partition coefficient (Wildman–Crippen LogP) is 1.35. The van der Waals surface area contributed by atoms with Crippen molar-refractivity contribution in [1.29, 1.82) is 0 Å². The lowest BCUT2D eigenvalue weighted by molar-refractivity contribution is -0.0809. The van der Waals surface area contributed by atoms with E-state index in [0.29, 0.717) is 45.6 Å². The topological polar surface area (TPSA) is 62.2 Å². The highest BCUT2D eigenvalue weighted by atomic mass is 16.5. The van der Waals surface area contributed by atoms with Crippen molar-refractivity contribution in [2.45, 2.75) is 37.4 Å². The fraction of sp³-hybridized carbons (Fsp3) is 0.667. The molecule has 0 bridgehead atoms. The number of benzene rings is 1. The van der Waals surface area contributed by atoms with Gasteiger partial charge in [0.05, 0.1) is 5.60 Å². The summed E-state index contributed by atoms with van der Waals surface area (Å²) in [4.78, 5) is 2.14. The minimum absolute atomic E-state index is 0.286. The van der Waals surface area contributed by atoms with Crippen LogP contribution in [-0.2, 0) is 4.74 Å². The highest BCUT2D eigenvalue weighted by Gasteiger charge is 2.40. The maximum atomic E-state index is 10.7. The van der Waals surface area contributed by atoms with E-state index in [0.717, 1.165) is 12.3 Å². The second-order valence-corrected chi connectivity index (χ2v) is 7.12. The fourth-order valence-corrected chi connectivity index (χ4v) is 3.37. The molecule has 0 spiro atoms. The molecule has 0 aromatic heterocycles. The Morgan fingerprint density at radius 2 is 1.78 bits per heavy atom. The van der Waals surface area contributed by atoms with Gasteiger partial charge in [0.25, 0.3) is 0 Å². The van der Waals surface area contributed by atoms with Gasteiger partial charge in [-0.25, -0.2) is 0 Å². The van der Waals surface area contributed by atoms with Gasteiger partial charge in [-0.2, -0.15) is 0 Å². The zero-order valence-electron chi connectivity index (χ0n) is 13.8. The number of likely N-dealkylation sites (tertiary alicyclic amines) is 1. The van der Waals surface area contributed by atoms with Gasteiger partial charge < -0.3 is 19.7 Å². The number of nitrogens with zero attached hydrogens (tertiary/aromatic N) is 1. The van der Waals surface area contributed by atoms with Crippen molar-refractivity contribution in [1.82, 2.24) is 4.90 Å². The number of aliphatic hydroxyl groups is 2. The lowest BCUT2D eigenvalue weighted by atomic mass is 9.94. The van der Waals surface area contributed by atoms with Crippen LogP contribution in [0.2, 0.25) is 0 Å². The molecule has 0 saturated carbocycles. The second kappa shape index (κ2) is 6.77. The van der Waals surface area contributed by atoms with Gasteiger partial charge in [0, 0.05) is 45.7 Å². The number of hydrogen-bond donors (Lipinski definition) is 2. The van der Waals surface area contributed by atoms with Gasteiger partial charge in [-0.3, -0.25) is 4.90 Å². The van der Waals surface area contributed by atoms with Gasteiger partial charge in [0.2, 0.25) is 0 Å². The molecule has 0 unspecified atom stereocenters. The van der Waals surface area contributed by atoms with Crippen LogP contribution in [0.3, 0.4) is 0 Å². The van der Waals surface area contributed by atoms with Crippen LogP contribution < -0.4 is 4.74 Å². The van der Waals surface area contributed by atoms with Crippen molar-refractivity contribution in [3.8, 4) is 5.75 Å². The van der Waals surface area contributed by atoms with Crippen LogP contribution in [0.4, 0.5) is 0 Å². The Balaban J connectivity index is 1.50. The van der Waals surface area contributed by atoms with Crippen LogP contribution in [0.25, 0.3) is 0 Å². The largest absolute Gasteiger partial charge is 0.491 e. The van der Waals surface area contributed by atoms with E-state index in [1.54, 1.807) is 0 Å². The molecule has 0 aliphatic carbocycles. The van der Waals surface area contributed by atoms with Gasteiger partial charge in [0.1, 0.15) is 18.0 Å². The van der Waals surface area contributed by atoms with Crippen LogP contribution >= 0.6 is 0 Å². The molecule has 2 saturated heterocycles. The molecule has 2 aliphatic rings. The Bertz CT molecular complexity index is 512. The Kier molecular flexibility index (Phi) is 4.92. The third-order valence-corrected chi connectivity index (χ3v) is 4.88. The van der Waals surface area contributed by atoms with Crippen molar-refractivity contribution >= 4 is 0 Å². The van der Waals surface area contributed by atoms with E-state index in [9.17, 15) is 10.2 Å². The van der Waals surface area contributed by atoms with Crippen molar-refractivity contribution in [3.05, 3.63) is 29.8 Å². The smallest absolute Gasteiger partial charge is 0.119 e. The minimum atomic E-state index is -0.841. The Morgan fingerprint density at radius 3 is 2.48 bits per heavy atom. The zero-order chi connectivity index (χ0) is 16.3. The summed E-state index contributed by atoms with van der Waals surface area (Å²) >= 11 is 0. The first-order valence-electron chi connectivity index (χ1n) is 8.41. The molecule has 0 radical (unpaired) electrons. The molecule has 2 aliphatic heterocycles. The molecule has 23 heavy (non-hydrogen) atoms. The molecule has 3 rings (SSSR count). The third kappa shape index (κ3) is 4.44. The molecule has 1 atom stereocenters. The summed E-state index contributed by atoms with van der Waals surface area (Å²) in [6.07, 6.45) is 2.01. The number of aryl methyl sites for hydroxylation is 1. The van der Waals surface area contributed by atoms with Gasteiger partial charge in [0.15, 0.2) is 0 Å². The monoisotopic (exact) mass is 321 g/mol. The molecule has 1 aromatic rings. The van der Waals surface area contributed by atoms with Crippen LogP contribution in [-0.4, -0.2) is 65.8 Å². The molecule has 2 heterocycles. The Labute approximate surface area is 137 Å². The SMILES string of the molecule is Cc1ccc(OC[C@]2(O)CCN(CC3(O)CCOCC3)C2)cc1. The van der Waals surface area contributed by atoms with Crippen molar-refractivity contribution in [2.24, 2.45) is 0 Å². The van der Waals surface area contributed by atoms with Gasteiger partial charge in [-0.15, -0.1) is 0 Å². The maximum absolute atomic E-state index is 10.7. The van der Waals surface area contributed by atoms with Crippen LogP contribution in [0.1, 0.15) is 24.8 Å². The molecule has 128 valence electrons. The van der Waals surface area contributed by atoms with Gasteiger partial charge in [-0.1, -0.05) is 17.7 Å². The molecular formula is C18H27NO4. The van der Waals surface area contributed by atoms with Crippen molar-refractivity contribution < 1.29 is 19.7 Å². The summed E-state index contributed by atoms with van der Waals surface area (Å²) in [7, 11) is 0. The highest BCUT2D eigenvalue weighted by Crippen LogP contribution is 2.28. The molecule has 2 N–H and O–H groups in total. The van der Waals surface area contributed by atoms with E-state index < -0.39 is 11.2 Å². The molecule has 2 fully saturated rings. The lowest BCUT2D eigenvalue weighted by Gasteiger charge is -2.35. The Morgan fingerprint density at radius 1 is 1.09 bits per heavy atom. The van der Waals surface area contributed by atoms with E-state index in [1.165, 1.54) is 5.56 Å². The standard InChI is InChI=1S/C18H27NO4/c1-15-2-4-16(5-3-15)23-14-18(21)6-9-19(13-18)12-17(20)7-10-22-11-8-17/h2-5,20-21H,6-14H2,1H3/t18-/m0/s1. The van der Waals surface area contributed by atoms with Crippen LogP contribution in [0, 0.1) is 6.92 Å². The summed E-state index contributed by atoms with van der Waals surface area (Å²) in [5, 5.41) is 21.3. The van der Waals surface area contributed by atoms with Gasteiger partial charge in [-0.05, 0) is 25.5 Å². The van der Waals surface area contributed by atoms with E-state index in [-0.39, 0.29) is 6.61 Å².